The van der Waals surface area contributed by atoms with Crippen LogP contribution in [-0.2, 0) is 0 Å². The Balaban J connectivity index is 2.45. The molecule has 1 heterocycles. The average Bonchev–Trinajstić information content (AvgIpc) is 2.27. The summed E-state index contributed by atoms with van der Waals surface area (Å²) in [7, 11) is 4.00. The van der Waals surface area contributed by atoms with Crippen molar-refractivity contribution in [3.05, 3.63) is 18.3 Å². The summed E-state index contributed by atoms with van der Waals surface area (Å²) in [4.78, 5) is 6.40. The van der Waals surface area contributed by atoms with Crippen molar-refractivity contribution in [2.75, 3.05) is 24.3 Å². The minimum Gasteiger partial charge on any atom is -0.381 e. The molecule has 0 saturated carbocycles. The molecular formula is C14H25N3. The fourth-order valence-electron chi connectivity index (χ4n) is 1.68. The van der Waals surface area contributed by atoms with Gasteiger partial charge < -0.3 is 10.2 Å². The van der Waals surface area contributed by atoms with Crippen molar-refractivity contribution in [2.45, 2.75) is 39.7 Å². The Morgan fingerprint density at radius 3 is 2.35 bits per heavy atom. The molecule has 3 nitrogen and oxygen atoms in total. The Bertz CT molecular complexity index is 317. The number of pyridine rings is 1. The minimum absolute atomic E-state index is 0.504. The van der Waals surface area contributed by atoms with Crippen molar-refractivity contribution in [2.24, 2.45) is 5.92 Å². The highest BCUT2D eigenvalue weighted by molar-refractivity contribution is 5.48. The van der Waals surface area contributed by atoms with Crippen LogP contribution in [0.2, 0.25) is 0 Å². The third-order valence-corrected chi connectivity index (χ3v) is 2.80. The molecule has 0 aromatic carbocycles. The number of hydrogen-bond donors (Lipinski definition) is 1. The lowest BCUT2D eigenvalue weighted by atomic mass is 10.0. The van der Waals surface area contributed by atoms with Gasteiger partial charge in [-0.1, -0.05) is 13.8 Å². The summed E-state index contributed by atoms with van der Waals surface area (Å²) in [5, 5.41) is 3.48. The van der Waals surface area contributed by atoms with Gasteiger partial charge in [-0.2, -0.15) is 0 Å². The van der Waals surface area contributed by atoms with Crippen LogP contribution < -0.4 is 10.2 Å². The molecule has 1 aromatic rings. The number of nitrogens with one attached hydrogen (secondary N) is 1. The van der Waals surface area contributed by atoms with Crippen molar-refractivity contribution in [1.82, 2.24) is 4.98 Å². The SMILES string of the molecule is CC(C)CCC(C)Nc1ccc(N(C)C)nc1. The van der Waals surface area contributed by atoms with E-state index >= 15 is 0 Å². The molecule has 0 fully saturated rings. The Labute approximate surface area is 105 Å². The molecule has 1 unspecified atom stereocenters. The van der Waals surface area contributed by atoms with E-state index in [1.807, 2.05) is 31.3 Å². The molecule has 0 spiro atoms. The van der Waals surface area contributed by atoms with Crippen LogP contribution in [-0.4, -0.2) is 25.1 Å². The van der Waals surface area contributed by atoms with Gasteiger partial charge in [-0.3, -0.25) is 0 Å². The molecule has 0 bridgehead atoms. The zero-order valence-corrected chi connectivity index (χ0v) is 11.7. The number of rotatable bonds is 6. The monoisotopic (exact) mass is 235 g/mol. The first-order chi connectivity index (χ1) is 7.99. The molecule has 0 saturated heterocycles. The zero-order chi connectivity index (χ0) is 12.8. The quantitative estimate of drug-likeness (QED) is 0.819. The molecule has 1 aromatic heterocycles. The van der Waals surface area contributed by atoms with Crippen LogP contribution in [0, 0.1) is 5.92 Å². The lowest BCUT2D eigenvalue weighted by molar-refractivity contribution is 0.527. The van der Waals surface area contributed by atoms with Crippen molar-refractivity contribution < 1.29 is 0 Å². The standard InChI is InChI=1S/C14H25N3/c1-11(2)6-7-12(3)16-13-8-9-14(15-10-13)17(4)5/h8-12,16H,6-7H2,1-5H3. The molecule has 1 atom stereocenters. The maximum Gasteiger partial charge on any atom is 0.128 e. The normalized spacial score (nSPS) is 12.6. The maximum absolute atomic E-state index is 4.39. The number of nitrogens with zero attached hydrogens (tertiary/aromatic N) is 2. The van der Waals surface area contributed by atoms with E-state index in [2.05, 4.69) is 37.1 Å². The summed E-state index contributed by atoms with van der Waals surface area (Å²) in [6, 6.07) is 4.63. The molecule has 0 amide bonds. The van der Waals surface area contributed by atoms with Crippen LogP contribution in [0.5, 0.6) is 0 Å². The third kappa shape index (κ3) is 5.07. The lowest BCUT2D eigenvalue weighted by Crippen LogP contribution is -2.16. The van der Waals surface area contributed by atoms with E-state index in [4.69, 9.17) is 0 Å². The van der Waals surface area contributed by atoms with Crippen LogP contribution >= 0.6 is 0 Å². The number of hydrogen-bond acceptors (Lipinski definition) is 3. The van der Waals surface area contributed by atoms with Gasteiger partial charge in [0, 0.05) is 20.1 Å². The summed E-state index contributed by atoms with van der Waals surface area (Å²) in [6.07, 6.45) is 4.37. The third-order valence-electron chi connectivity index (χ3n) is 2.80. The van der Waals surface area contributed by atoms with Gasteiger partial charge in [0.2, 0.25) is 0 Å². The molecule has 3 heteroatoms. The second kappa shape index (κ2) is 6.48. The summed E-state index contributed by atoms with van der Waals surface area (Å²) in [5.74, 6) is 1.76. The van der Waals surface area contributed by atoms with Crippen LogP contribution in [0.4, 0.5) is 11.5 Å². The smallest absolute Gasteiger partial charge is 0.128 e. The van der Waals surface area contributed by atoms with Gasteiger partial charge in [0.05, 0.1) is 11.9 Å². The molecule has 0 aliphatic rings. The maximum atomic E-state index is 4.39. The van der Waals surface area contributed by atoms with Crippen LogP contribution in [0.3, 0.4) is 0 Å². The first-order valence-electron chi connectivity index (χ1n) is 6.39. The van der Waals surface area contributed by atoms with Gasteiger partial charge in [0.1, 0.15) is 5.82 Å². The van der Waals surface area contributed by atoms with Gasteiger partial charge in [0.25, 0.3) is 0 Å². The predicted molar refractivity (Wildman–Crippen MR) is 75.7 cm³/mol. The number of anilines is 2. The Morgan fingerprint density at radius 2 is 1.88 bits per heavy atom. The molecule has 1 rings (SSSR count). The van der Waals surface area contributed by atoms with Crippen molar-refractivity contribution in [3.63, 3.8) is 0 Å². The Morgan fingerprint density at radius 1 is 1.18 bits per heavy atom. The van der Waals surface area contributed by atoms with E-state index in [0.717, 1.165) is 17.4 Å². The molecule has 96 valence electrons. The largest absolute Gasteiger partial charge is 0.381 e. The molecule has 17 heavy (non-hydrogen) atoms. The second-order valence-electron chi connectivity index (χ2n) is 5.32. The van der Waals surface area contributed by atoms with Crippen molar-refractivity contribution in [1.29, 1.82) is 0 Å². The molecule has 1 N–H and O–H groups in total. The van der Waals surface area contributed by atoms with Gasteiger partial charge in [-0.25, -0.2) is 4.98 Å². The summed E-state index contributed by atoms with van der Waals surface area (Å²) < 4.78 is 0. The van der Waals surface area contributed by atoms with Gasteiger partial charge in [-0.05, 0) is 37.8 Å². The highest BCUT2D eigenvalue weighted by Crippen LogP contribution is 2.15. The average molecular weight is 235 g/mol. The van der Waals surface area contributed by atoms with E-state index in [-0.39, 0.29) is 0 Å². The van der Waals surface area contributed by atoms with Gasteiger partial charge >= 0.3 is 0 Å². The first kappa shape index (κ1) is 13.8. The Hall–Kier alpha value is -1.25. The van der Waals surface area contributed by atoms with Crippen molar-refractivity contribution in [3.8, 4) is 0 Å². The van der Waals surface area contributed by atoms with E-state index in [0.29, 0.717) is 6.04 Å². The van der Waals surface area contributed by atoms with Crippen molar-refractivity contribution >= 4 is 11.5 Å². The van der Waals surface area contributed by atoms with E-state index in [1.165, 1.54) is 12.8 Å². The first-order valence-corrected chi connectivity index (χ1v) is 6.39. The highest BCUT2D eigenvalue weighted by atomic mass is 15.1. The van der Waals surface area contributed by atoms with E-state index in [9.17, 15) is 0 Å². The highest BCUT2D eigenvalue weighted by Gasteiger charge is 2.04. The van der Waals surface area contributed by atoms with Gasteiger partial charge in [0.15, 0.2) is 0 Å². The van der Waals surface area contributed by atoms with Crippen LogP contribution in [0.1, 0.15) is 33.6 Å². The van der Waals surface area contributed by atoms with Crippen LogP contribution in [0.25, 0.3) is 0 Å². The summed E-state index contributed by atoms with van der Waals surface area (Å²) in [6.45, 7) is 6.75. The summed E-state index contributed by atoms with van der Waals surface area (Å²) >= 11 is 0. The molecule has 0 radical (unpaired) electrons. The fraction of sp³-hybridized carbons (Fsp3) is 0.643. The van der Waals surface area contributed by atoms with E-state index in [1.54, 1.807) is 0 Å². The summed E-state index contributed by atoms with van der Waals surface area (Å²) in [5.41, 5.74) is 1.10. The topological polar surface area (TPSA) is 28.2 Å². The minimum atomic E-state index is 0.504. The molecule has 0 aliphatic heterocycles. The molecular weight excluding hydrogens is 210 g/mol. The van der Waals surface area contributed by atoms with Gasteiger partial charge in [-0.15, -0.1) is 0 Å². The lowest BCUT2D eigenvalue weighted by Gasteiger charge is -2.17. The van der Waals surface area contributed by atoms with E-state index < -0.39 is 0 Å². The Kier molecular flexibility index (Phi) is 5.26. The fourth-order valence-corrected chi connectivity index (χ4v) is 1.68. The zero-order valence-electron chi connectivity index (χ0n) is 11.7. The predicted octanol–water partition coefficient (Wildman–Crippen LogP) is 3.38. The van der Waals surface area contributed by atoms with Crippen LogP contribution in [0.15, 0.2) is 18.3 Å². The second-order valence-corrected chi connectivity index (χ2v) is 5.32. The number of aromatic nitrogens is 1. The molecule has 0 aliphatic carbocycles.